The van der Waals surface area contributed by atoms with E-state index < -0.39 is 32.9 Å². The molecule has 0 bridgehead atoms. The number of nitrogens with one attached hydrogen (secondary N) is 1. The Morgan fingerprint density at radius 2 is 2.17 bits per heavy atom. The van der Waals surface area contributed by atoms with Crippen molar-refractivity contribution in [2.24, 2.45) is 0 Å². The van der Waals surface area contributed by atoms with Gasteiger partial charge in [0.2, 0.25) is 0 Å². The van der Waals surface area contributed by atoms with Gasteiger partial charge in [0.15, 0.2) is 9.76 Å². The van der Waals surface area contributed by atoms with E-state index >= 15 is 0 Å². The Labute approximate surface area is 93.8 Å². The van der Waals surface area contributed by atoms with Gasteiger partial charge >= 0.3 is 16.7 Å². The van der Waals surface area contributed by atoms with E-state index in [4.69, 9.17) is 0 Å². The summed E-state index contributed by atoms with van der Waals surface area (Å²) in [5.74, 6) is -0.976. The Morgan fingerprint density at radius 3 is 2.83 bits per heavy atom. The number of rotatable bonds is 1. The average Bonchev–Trinajstić information content (AvgIpc) is 2.83. The molecule has 0 aliphatic heterocycles. The summed E-state index contributed by atoms with van der Waals surface area (Å²) in [6.07, 6.45) is 0. The molecule has 0 unspecified atom stereocenters. The summed E-state index contributed by atoms with van der Waals surface area (Å²) in [6, 6.07) is 0. The molecule has 18 heavy (non-hydrogen) atoms. The second-order valence-corrected chi connectivity index (χ2v) is 3.26. The Morgan fingerprint density at radius 1 is 1.44 bits per heavy atom. The largest absolute Gasteiger partial charge is 0.499 e. The molecule has 3 rings (SSSR count). The van der Waals surface area contributed by atoms with Gasteiger partial charge in [0.05, 0.1) is 4.92 Å². The van der Waals surface area contributed by atoms with Crippen LogP contribution in [-0.2, 0) is 0 Å². The molecule has 1 aromatic carbocycles. The predicted octanol–water partition coefficient (Wildman–Crippen LogP) is -0.936. The normalized spacial score (nSPS) is 11.3. The number of phenolic OH excluding ortho intramolecular Hbond substituents is 1. The highest BCUT2D eigenvalue weighted by atomic mass is 16.8. The van der Waals surface area contributed by atoms with Crippen LogP contribution in [0.15, 0.2) is 9.26 Å². The van der Waals surface area contributed by atoms with E-state index in [0.29, 0.717) is 0 Å². The first-order chi connectivity index (χ1) is 8.52. The van der Waals surface area contributed by atoms with Gasteiger partial charge in [-0.3, -0.25) is 10.1 Å². The summed E-state index contributed by atoms with van der Waals surface area (Å²) < 4.78 is 8.35. The monoisotopic (exact) mass is 256 g/mol. The molecule has 2 aromatic heterocycles. The molecule has 0 fully saturated rings. The number of nitro groups is 1. The predicted molar refractivity (Wildman–Crippen MR) is 48.8 cm³/mol. The lowest BCUT2D eigenvalue weighted by atomic mass is 10.2. The summed E-state index contributed by atoms with van der Waals surface area (Å²) in [5.41, 5.74) is -2.71. The Balaban J connectivity index is 2.75. The van der Waals surface area contributed by atoms with Gasteiger partial charge in [0, 0.05) is 0 Å². The van der Waals surface area contributed by atoms with Gasteiger partial charge in [-0.25, -0.2) is 0 Å². The number of fused-ring (bicyclic) bond motifs is 3. The minimum atomic E-state index is -0.993. The average molecular weight is 256 g/mol. The van der Waals surface area contributed by atoms with Crippen molar-refractivity contribution in [3.63, 3.8) is 0 Å². The van der Waals surface area contributed by atoms with E-state index in [9.17, 15) is 25.3 Å². The minimum absolute atomic E-state index is 0.143. The number of aromatic nitrogens is 4. The van der Waals surface area contributed by atoms with E-state index in [0.717, 1.165) is 0 Å². The highest BCUT2D eigenvalue weighted by Crippen LogP contribution is 2.37. The first-order valence-corrected chi connectivity index (χ1v) is 4.35. The number of benzene rings is 1. The summed E-state index contributed by atoms with van der Waals surface area (Å²) in [7, 11) is 0. The lowest BCUT2D eigenvalue weighted by Gasteiger charge is -1.92. The van der Waals surface area contributed by atoms with Gasteiger partial charge in [-0.1, -0.05) is 0 Å². The van der Waals surface area contributed by atoms with Crippen LogP contribution >= 0.6 is 0 Å². The maximum Gasteiger partial charge on any atom is 0.375 e. The zero-order valence-corrected chi connectivity index (χ0v) is 8.19. The number of aromatic hydroxyl groups is 1. The quantitative estimate of drug-likeness (QED) is 0.319. The fraction of sp³-hybridized carbons (Fsp3) is 0. The zero-order chi connectivity index (χ0) is 13.0. The van der Waals surface area contributed by atoms with Crippen molar-refractivity contribution in [3.8, 4) is 5.75 Å². The van der Waals surface area contributed by atoms with Crippen molar-refractivity contribution in [2.45, 2.75) is 0 Å². The van der Waals surface area contributed by atoms with Crippen molar-refractivity contribution in [1.29, 1.82) is 0 Å². The van der Waals surface area contributed by atoms with Crippen LogP contribution in [0.3, 0.4) is 0 Å². The summed E-state index contributed by atoms with van der Waals surface area (Å²) in [5, 5.41) is 36.9. The fourth-order valence-electron chi connectivity index (χ4n) is 1.65. The molecule has 0 saturated heterocycles. The molecule has 2 N–H and O–H groups in total. The highest BCUT2D eigenvalue weighted by molar-refractivity contribution is 6.05. The van der Waals surface area contributed by atoms with E-state index in [-0.39, 0.29) is 15.0 Å². The molecule has 2 heterocycles. The van der Waals surface area contributed by atoms with Crippen LogP contribution in [0.5, 0.6) is 5.75 Å². The number of nitrogens with zero attached hydrogens (tertiary/aromatic N) is 4. The van der Waals surface area contributed by atoms with Crippen LogP contribution in [0.4, 0.5) is 5.69 Å². The van der Waals surface area contributed by atoms with Crippen LogP contribution in [0.2, 0.25) is 0 Å². The second-order valence-electron chi connectivity index (χ2n) is 3.26. The summed E-state index contributed by atoms with van der Waals surface area (Å²) >= 11 is 0. The lowest BCUT2D eigenvalue weighted by molar-refractivity contribution is -0.782. The Bertz CT molecular complexity index is 857. The lowest BCUT2D eigenvalue weighted by Crippen LogP contribution is -2.23. The second kappa shape index (κ2) is 2.93. The molecule has 0 saturated carbocycles. The minimum Gasteiger partial charge on any atom is -0.499 e. The van der Waals surface area contributed by atoms with Gasteiger partial charge in [-0.05, 0) is 14.4 Å². The Hall–Kier alpha value is -3.18. The third-order valence-electron chi connectivity index (χ3n) is 2.36. The zero-order valence-electron chi connectivity index (χ0n) is 8.19. The van der Waals surface area contributed by atoms with E-state index in [1.54, 1.807) is 0 Å². The maximum absolute atomic E-state index is 11.3. The van der Waals surface area contributed by atoms with Gasteiger partial charge in [-0.2, -0.15) is 5.16 Å². The molecule has 0 aliphatic carbocycles. The van der Waals surface area contributed by atoms with Crippen LogP contribution in [0.1, 0.15) is 0 Å². The van der Waals surface area contributed by atoms with Crippen molar-refractivity contribution in [3.05, 3.63) is 20.2 Å². The highest BCUT2D eigenvalue weighted by Gasteiger charge is 2.39. The molecule has 92 valence electrons. The molecule has 0 radical (unpaired) electrons. The molecular weight excluding hydrogens is 254 g/mol. The summed E-state index contributed by atoms with van der Waals surface area (Å²) in [6.45, 7) is 0. The first kappa shape index (κ1) is 10.0. The first-order valence-electron chi connectivity index (χ1n) is 4.35. The van der Waals surface area contributed by atoms with Gasteiger partial charge in [0.1, 0.15) is 0 Å². The van der Waals surface area contributed by atoms with E-state index in [1.165, 1.54) is 0 Å². The van der Waals surface area contributed by atoms with E-state index in [2.05, 4.69) is 14.4 Å². The number of aromatic amines is 1. The molecule has 0 atom stereocenters. The number of hydrogen-bond acceptors (Lipinski definition) is 8. The molecule has 3 aromatic rings. The Kier molecular flexibility index (Phi) is 1.63. The third kappa shape index (κ3) is 0.977. The van der Waals surface area contributed by atoms with Crippen molar-refractivity contribution in [2.75, 3.05) is 0 Å². The topological polar surface area (TPSA) is 168 Å². The summed E-state index contributed by atoms with van der Waals surface area (Å²) in [4.78, 5) is 20.9. The van der Waals surface area contributed by atoms with Crippen molar-refractivity contribution < 1.29 is 28.8 Å². The third-order valence-corrected chi connectivity index (χ3v) is 2.36. The fourth-order valence-corrected chi connectivity index (χ4v) is 1.65. The van der Waals surface area contributed by atoms with Crippen molar-refractivity contribution in [1.82, 2.24) is 10.3 Å². The molecular formula is C6H2N5O7+. The molecule has 0 amide bonds. The number of H-pyrrole nitrogens is 1. The molecule has 12 heteroatoms. The van der Waals surface area contributed by atoms with Crippen LogP contribution in [-0.4, -0.2) is 20.3 Å². The van der Waals surface area contributed by atoms with Crippen LogP contribution < -0.4 is 9.50 Å². The van der Waals surface area contributed by atoms with Gasteiger partial charge < -0.3 is 14.9 Å². The number of nitro benzene ring substituents is 1. The van der Waals surface area contributed by atoms with E-state index in [1.807, 2.05) is 5.16 Å². The van der Waals surface area contributed by atoms with Gasteiger partial charge in [-0.15, -0.1) is 0 Å². The number of hydrogen-bond donors (Lipinski definition) is 2. The molecule has 0 aliphatic rings. The SMILES string of the molecule is O=[N+]([O-])c1c(O)c2c([nH]o[n+]2[O-])c2c1no[n+]2=O. The smallest absolute Gasteiger partial charge is 0.375 e. The van der Waals surface area contributed by atoms with Gasteiger partial charge in [0.25, 0.3) is 16.8 Å². The molecule has 12 nitrogen and oxygen atoms in total. The standard InChI is InChI=1S/C6HN5O7/c12-6-4(9(13)14)1-3(10(15)17-7-1)2-5(6)11(16)18-8-2/h(H-,7,8,12,15)/p+1. The van der Waals surface area contributed by atoms with Crippen LogP contribution in [0, 0.1) is 20.2 Å². The van der Waals surface area contributed by atoms with Crippen molar-refractivity contribution >= 4 is 27.8 Å². The maximum atomic E-state index is 11.3. The number of phenols is 1. The molecule has 0 spiro atoms. The van der Waals surface area contributed by atoms with Crippen LogP contribution in [0.25, 0.3) is 22.1 Å².